The molecule has 0 atom stereocenters. The van der Waals surface area contributed by atoms with Gasteiger partial charge in [0.25, 0.3) is 0 Å². The van der Waals surface area contributed by atoms with E-state index in [0.717, 1.165) is 5.39 Å². The Hall–Kier alpha value is -3.94. The van der Waals surface area contributed by atoms with Crippen molar-refractivity contribution in [2.24, 2.45) is 5.92 Å². The van der Waals surface area contributed by atoms with E-state index in [-0.39, 0.29) is 29.7 Å². The minimum Gasteiger partial charge on any atom is -0.462 e. The molecule has 0 bridgehead atoms. The van der Waals surface area contributed by atoms with Gasteiger partial charge in [0.1, 0.15) is 11.5 Å². The summed E-state index contributed by atoms with van der Waals surface area (Å²) in [5.41, 5.74) is 1.56. The van der Waals surface area contributed by atoms with E-state index in [0.29, 0.717) is 16.9 Å². The van der Waals surface area contributed by atoms with Gasteiger partial charge in [0.15, 0.2) is 11.3 Å². The molecule has 1 aromatic carbocycles. The summed E-state index contributed by atoms with van der Waals surface area (Å²) in [6.07, 6.45) is 4.89. The number of rotatable bonds is 6. The van der Waals surface area contributed by atoms with Gasteiger partial charge in [-0.3, -0.25) is 4.79 Å². The summed E-state index contributed by atoms with van der Waals surface area (Å²) >= 11 is 0. The largest absolute Gasteiger partial charge is 0.462 e. The number of fused-ring (bicyclic) bond motifs is 1. The molecular formula is C23H20FN3O4. The fraction of sp³-hybridized carbons (Fsp3) is 0.174. The first-order valence-corrected chi connectivity index (χ1v) is 9.72. The van der Waals surface area contributed by atoms with Gasteiger partial charge in [-0.1, -0.05) is 13.8 Å². The summed E-state index contributed by atoms with van der Waals surface area (Å²) in [5, 5.41) is 3.67. The zero-order valence-electron chi connectivity index (χ0n) is 16.9. The predicted octanol–water partition coefficient (Wildman–Crippen LogP) is 4.17. The first-order chi connectivity index (χ1) is 14.9. The highest BCUT2D eigenvalue weighted by atomic mass is 19.1. The number of nitrogens with one attached hydrogen (secondary N) is 2. The van der Waals surface area contributed by atoms with Crippen LogP contribution >= 0.6 is 0 Å². The normalized spacial score (nSPS) is 15.1. The minimum atomic E-state index is -0.785. The van der Waals surface area contributed by atoms with Gasteiger partial charge in [0.2, 0.25) is 11.7 Å². The van der Waals surface area contributed by atoms with Crippen LogP contribution in [0.5, 0.6) is 0 Å². The van der Waals surface area contributed by atoms with Crippen LogP contribution < -0.4 is 5.32 Å². The molecule has 0 fully saturated rings. The molecule has 1 aliphatic heterocycles. The topological polar surface area (TPSA) is 93.3 Å². The van der Waals surface area contributed by atoms with Gasteiger partial charge in [-0.05, 0) is 48.4 Å². The van der Waals surface area contributed by atoms with Gasteiger partial charge < -0.3 is 19.8 Å². The Bertz CT molecular complexity index is 1210. The molecule has 2 N–H and O–H groups in total. The van der Waals surface area contributed by atoms with Crippen molar-refractivity contribution < 1.29 is 23.5 Å². The number of hydrogen-bond donors (Lipinski definition) is 2. The number of carbonyl (C=O) groups excluding carboxylic acids is 2. The van der Waals surface area contributed by atoms with Gasteiger partial charge in [-0.2, -0.15) is 0 Å². The van der Waals surface area contributed by atoms with E-state index >= 15 is 0 Å². The molecule has 3 heterocycles. The zero-order valence-corrected chi connectivity index (χ0v) is 16.9. The number of allylic oxidation sites excluding steroid dienone is 1. The van der Waals surface area contributed by atoms with Crippen molar-refractivity contribution in [2.75, 3.05) is 11.9 Å². The molecular weight excluding hydrogens is 401 g/mol. The van der Waals surface area contributed by atoms with Crippen LogP contribution in [0.15, 0.2) is 66.0 Å². The number of Topliss-reactive ketones (excluding diaryl/α,β-unsaturated/α-hetero) is 1. The maximum atomic E-state index is 13.2. The van der Waals surface area contributed by atoms with Gasteiger partial charge in [0, 0.05) is 29.0 Å². The highest BCUT2D eigenvalue weighted by Gasteiger charge is 2.37. The number of ketones is 1. The number of benzene rings is 1. The number of halogens is 1. The summed E-state index contributed by atoms with van der Waals surface area (Å²) in [7, 11) is 0. The molecule has 2 aromatic heterocycles. The standard InChI is InChI=1S/C23H20FN3O4/c1-13(2)12-30-23(29)19-20(28)18(10-14-11-26-21-17(14)4-3-9-25-21)31-22(19)27-16-7-5-15(24)6-8-16/h3-11,13,27H,12H2,1-2H3,(H,25,26). The average molecular weight is 421 g/mol. The van der Waals surface area contributed by atoms with E-state index in [9.17, 15) is 14.0 Å². The number of carbonyl (C=O) groups is 2. The van der Waals surface area contributed by atoms with E-state index in [1.165, 1.54) is 30.3 Å². The van der Waals surface area contributed by atoms with Crippen LogP contribution in [0.1, 0.15) is 19.4 Å². The molecule has 4 rings (SSSR count). The number of nitrogens with zero attached hydrogens (tertiary/aromatic N) is 1. The molecule has 3 aromatic rings. The summed E-state index contributed by atoms with van der Waals surface area (Å²) < 4.78 is 24.2. The number of ether oxygens (including phenoxy) is 2. The number of H-pyrrole nitrogens is 1. The lowest BCUT2D eigenvalue weighted by molar-refractivity contribution is -0.141. The second-order valence-electron chi connectivity index (χ2n) is 7.41. The van der Waals surface area contributed by atoms with Crippen LogP contribution in [-0.2, 0) is 19.1 Å². The zero-order chi connectivity index (χ0) is 22.0. The number of pyridine rings is 1. The van der Waals surface area contributed by atoms with Crippen LogP contribution in [0, 0.1) is 11.7 Å². The second-order valence-corrected chi connectivity index (χ2v) is 7.41. The minimum absolute atomic E-state index is 0.0362. The predicted molar refractivity (Wildman–Crippen MR) is 113 cm³/mol. The Morgan fingerprint density at radius 1 is 1.29 bits per heavy atom. The fourth-order valence-electron chi connectivity index (χ4n) is 3.02. The van der Waals surface area contributed by atoms with E-state index < -0.39 is 17.6 Å². The van der Waals surface area contributed by atoms with Crippen LogP contribution in [0.4, 0.5) is 10.1 Å². The lowest BCUT2D eigenvalue weighted by Crippen LogP contribution is -2.18. The third-order valence-corrected chi connectivity index (χ3v) is 4.51. The Balaban J connectivity index is 1.67. The number of hydrogen-bond acceptors (Lipinski definition) is 6. The van der Waals surface area contributed by atoms with Crippen molar-refractivity contribution in [3.05, 3.63) is 77.4 Å². The first-order valence-electron chi connectivity index (χ1n) is 9.72. The maximum absolute atomic E-state index is 13.2. The van der Waals surface area contributed by atoms with Gasteiger partial charge in [-0.15, -0.1) is 0 Å². The number of esters is 1. The van der Waals surface area contributed by atoms with Crippen molar-refractivity contribution in [1.82, 2.24) is 9.97 Å². The summed E-state index contributed by atoms with van der Waals surface area (Å²) in [6, 6.07) is 9.09. The maximum Gasteiger partial charge on any atom is 0.347 e. The van der Waals surface area contributed by atoms with Crippen LogP contribution in [0.2, 0.25) is 0 Å². The van der Waals surface area contributed by atoms with Gasteiger partial charge in [-0.25, -0.2) is 14.2 Å². The first kappa shape index (κ1) is 20.3. The van der Waals surface area contributed by atoms with Gasteiger partial charge >= 0.3 is 5.97 Å². The fourth-order valence-corrected chi connectivity index (χ4v) is 3.02. The molecule has 1 aliphatic rings. The van der Waals surface area contributed by atoms with Crippen molar-refractivity contribution in [2.45, 2.75) is 13.8 Å². The second kappa shape index (κ2) is 8.43. The molecule has 31 heavy (non-hydrogen) atoms. The molecule has 0 amide bonds. The van der Waals surface area contributed by atoms with E-state index in [1.807, 2.05) is 19.9 Å². The Morgan fingerprint density at radius 2 is 2.06 bits per heavy atom. The highest BCUT2D eigenvalue weighted by molar-refractivity contribution is 6.26. The quantitative estimate of drug-likeness (QED) is 0.353. The summed E-state index contributed by atoms with van der Waals surface area (Å²) in [5.74, 6) is -1.79. The smallest absolute Gasteiger partial charge is 0.347 e. The third-order valence-electron chi connectivity index (χ3n) is 4.51. The SMILES string of the molecule is CC(C)COC(=O)C1=C(Nc2ccc(F)cc2)OC(=Cc2c[nH]c3ncccc23)C1=O. The number of aromatic nitrogens is 2. The highest BCUT2D eigenvalue weighted by Crippen LogP contribution is 2.30. The van der Waals surface area contributed by atoms with E-state index in [2.05, 4.69) is 15.3 Å². The van der Waals surface area contributed by atoms with Crippen molar-refractivity contribution in [3.8, 4) is 0 Å². The summed E-state index contributed by atoms with van der Waals surface area (Å²) in [4.78, 5) is 32.9. The summed E-state index contributed by atoms with van der Waals surface area (Å²) in [6.45, 7) is 3.94. The van der Waals surface area contributed by atoms with Crippen molar-refractivity contribution in [1.29, 1.82) is 0 Å². The molecule has 158 valence electrons. The number of anilines is 1. The monoisotopic (exact) mass is 421 g/mol. The molecule has 0 saturated carbocycles. The molecule has 0 unspecified atom stereocenters. The molecule has 0 spiro atoms. The molecule has 0 saturated heterocycles. The molecule has 0 aliphatic carbocycles. The average Bonchev–Trinajstić information content (AvgIpc) is 3.29. The van der Waals surface area contributed by atoms with Crippen molar-refractivity contribution in [3.63, 3.8) is 0 Å². The van der Waals surface area contributed by atoms with Crippen LogP contribution in [0.25, 0.3) is 17.1 Å². The lowest BCUT2D eigenvalue weighted by atomic mass is 10.1. The molecule has 7 nitrogen and oxygen atoms in total. The number of aromatic amines is 1. The Morgan fingerprint density at radius 3 is 2.81 bits per heavy atom. The van der Waals surface area contributed by atoms with Gasteiger partial charge in [0.05, 0.1) is 6.61 Å². The van der Waals surface area contributed by atoms with Crippen LogP contribution in [-0.4, -0.2) is 28.3 Å². The Kier molecular flexibility index (Phi) is 5.53. The Labute approximate surface area is 177 Å². The van der Waals surface area contributed by atoms with E-state index in [1.54, 1.807) is 18.5 Å². The lowest BCUT2D eigenvalue weighted by Gasteiger charge is -2.09. The molecule has 0 radical (unpaired) electrons. The van der Waals surface area contributed by atoms with E-state index in [4.69, 9.17) is 9.47 Å². The third kappa shape index (κ3) is 4.32. The van der Waals surface area contributed by atoms with Crippen LogP contribution in [0.3, 0.4) is 0 Å². The van der Waals surface area contributed by atoms with Crippen molar-refractivity contribution >= 4 is 34.5 Å². The molecule has 8 heteroatoms.